The lowest BCUT2D eigenvalue weighted by atomic mass is 10.0. The molecule has 0 aliphatic carbocycles. The summed E-state index contributed by atoms with van der Waals surface area (Å²) in [6, 6.07) is 9.91. The first-order chi connectivity index (χ1) is 11.4. The second-order valence-electron chi connectivity index (χ2n) is 6.77. The zero-order valence-electron chi connectivity index (χ0n) is 14.9. The summed E-state index contributed by atoms with van der Waals surface area (Å²) >= 11 is 0. The molecule has 2 N–H and O–H groups in total. The third-order valence-corrected chi connectivity index (χ3v) is 4.03. The molecule has 130 valence electrons. The Kier molecular flexibility index (Phi) is 6.15. The van der Waals surface area contributed by atoms with Crippen LogP contribution in [0.2, 0.25) is 0 Å². The van der Waals surface area contributed by atoms with E-state index in [0.29, 0.717) is 6.54 Å². The second kappa shape index (κ2) is 8.11. The van der Waals surface area contributed by atoms with Crippen molar-refractivity contribution >= 4 is 5.91 Å². The Bertz CT molecular complexity index is 663. The summed E-state index contributed by atoms with van der Waals surface area (Å²) in [5.74, 6) is 0.198. The molecule has 0 saturated heterocycles. The molecule has 2 aromatic rings. The maximum Gasteiger partial charge on any atom is 0.222 e. The van der Waals surface area contributed by atoms with Gasteiger partial charge in [0.25, 0.3) is 0 Å². The van der Waals surface area contributed by atoms with E-state index in [1.807, 2.05) is 55.1 Å². The molecule has 1 aromatic carbocycles. The van der Waals surface area contributed by atoms with E-state index in [0.717, 1.165) is 16.9 Å². The van der Waals surface area contributed by atoms with E-state index in [-0.39, 0.29) is 24.2 Å². The molecule has 0 radical (unpaired) electrons. The molecule has 1 amide bonds. The first-order valence-electron chi connectivity index (χ1n) is 8.47. The van der Waals surface area contributed by atoms with Gasteiger partial charge in [-0.25, -0.2) is 4.68 Å². The van der Waals surface area contributed by atoms with Crippen molar-refractivity contribution in [2.45, 2.75) is 52.7 Å². The Hall–Kier alpha value is -2.14. The largest absolute Gasteiger partial charge is 0.392 e. The van der Waals surface area contributed by atoms with E-state index < -0.39 is 6.10 Å². The van der Waals surface area contributed by atoms with Gasteiger partial charge in [0, 0.05) is 18.3 Å². The number of aliphatic hydroxyl groups excluding tert-OH is 1. The number of carbonyl (C=O) groups is 1. The van der Waals surface area contributed by atoms with Crippen LogP contribution in [0.15, 0.2) is 36.5 Å². The number of aromatic nitrogens is 2. The quantitative estimate of drug-likeness (QED) is 0.820. The Morgan fingerprint density at radius 2 is 1.88 bits per heavy atom. The predicted molar refractivity (Wildman–Crippen MR) is 95.0 cm³/mol. The maximum atomic E-state index is 12.0. The van der Waals surface area contributed by atoms with Gasteiger partial charge < -0.3 is 10.4 Å². The number of nitrogens with one attached hydrogen (secondary N) is 1. The fourth-order valence-electron chi connectivity index (χ4n) is 2.45. The van der Waals surface area contributed by atoms with Crippen molar-refractivity contribution in [1.82, 2.24) is 15.1 Å². The smallest absolute Gasteiger partial charge is 0.222 e. The van der Waals surface area contributed by atoms with Gasteiger partial charge in [0.1, 0.15) is 0 Å². The highest BCUT2D eigenvalue weighted by molar-refractivity contribution is 5.76. The summed E-state index contributed by atoms with van der Waals surface area (Å²) in [6.45, 7) is 8.40. The summed E-state index contributed by atoms with van der Waals surface area (Å²) in [5.41, 5.74) is 2.97. The summed E-state index contributed by atoms with van der Waals surface area (Å²) in [6.07, 6.45) is 1.48. The van der Waals surface area contributed by atoms with Crippen LogP contribution in [0.25, 0.3) is 5.69 Å². The van der Waals surface area contributed by atoms with Crippen LogP contribution in [-0.4, -0.2) is 26.9 Å². The Morgan fingerprint density at radius 1 is 1.21 bits per heavy atom. The van der Waals surface area contributed by atoms with E-state index in [9.17, 15) is 9.90 Å². The molecule has 2 rings (SSSR count). The van der Waals surface area contributed by atoms with Crippen molar-refractivity contribution in [3.8, 4) is 5.69 Å². The minimum atomic E-state index is -0.610. The van der Waals surface area contributed by atoms with Gasteiger partial charge in [-0.2, -0.15) is 5.10 Å². The zero-order valence-corrected chi connectivity index (χ0v) is 14.9. The molecule has 1 aromatic heterocycles. The van der Waals surface area contributed by atoms with Gasteiger partial charge in [-0.15, -0.1) is 0 Å². The average Bonchev–Trinajstić information content (AvgIpc) is 2.98. The standard InChI is InChI=1S/C19H27N3O2/c1-13(2)17(23)10-18(24)20-11-15-12-22(21-19(15)14(3)4)16-8-6-5-7-9-16/h5-9,12-14,17,23H,10-11H2,1-4H3,(H,20,24). The van der Waals surface area contributed by atoms with E-state index in [4.69, 9.17) is 0 Å². The normalized spacial score (nSPS) is 12.6. The summed E-state index contributed by atoms with van der Waals surface area (Å²) in [4.78, 5) is 12.0. The molecule has 5 heteroatoms. The lowest BCUT2D eigenvalue weighted by Gasteiger charge is -2.14. The fourth-order valence-corrected chi connectivity index (χ4v) is 2.45. The van der Waals surface area contributed by atoms with Crippen molar-refractivity contribution < 1.29 is 9.90 Å². The first-order valence-corrected chi connectivity index (χ1v) is 8.47. The molecule has 0 aliphatic heterocycles. The summed E-state index contributed by atoms with van der Waals surface area (Å²) in [5, 5.41) is 17.4. The van der Waals surface area contributed by atoms with Gasteiger partial charge in [0.05, 0.1) is 23.9 Å². The molecular formula is C19H27N3O2. The lowest BCUT2D eigenvalue weighted by Crippen LogP contribution is -2.29. The number of rotatable bonds is 7. The Labute approximate surface area is 143 Å². The molecule has 1 unspecified atom stereocenters. The van der Waals surface area contributed by atoms with Gasteiger partial charge in [0.15, 0.2) is 0 Å². The molecule has 5 nitrogen and oxygen atoms in total. The van der Waals surface area contributed by atoms with Crippen LogP contribution in [-0.2, 0) is 11.3 Å². The third kappa shape index (κ3) is 4.68. The molecule has 0 aliphatic rings. The number of hydrogen-bond acceptors (Lipinski definition) is 3. The highest BCUT2D eigenvalue weighted by atomic mass is 16.3. The first kappa shape index (κ1) is 18.2. The van der Waals surface area contributed by atoms with Crippen LogP contribution in [0.5, 0.6) is 0 Å². The number of nitrogens with zero attached hydrogens (tertiary/aromatic N) is 2. The Morgan fingerprint density at radius 3 is 2.46 bits per heavy atom. The van der Waals surface area contributed by atoms with Crippen molar-refractivity contribution in [3.63, 3.8) is 0 Å². The highest BCUT2D eigenvalue weighted by Gasteiger charge is 2.17. The van der Waals surface area contributed by atoms with Gasteiger partial charge in [-0.1, -0.05) is 45.9 Å². The maximum absolute atomic E-state index is 12.0. The van der Waals surface area contributed by atoms with Crippen molar-refractivity contribution in [3.05, 3.63) is 47.8 Å². The third-order valence-electron chi connectivity index (χ3n) is 4.03. The van der Waals surface area contributed by atoms with Crippen LogP contribution < -0.4 is 5.32 Å². The highest BCUT2D eigenvalue weighted by Crippen LogP contribution is 2.20. The Balaban J connectivity index is 2.09. The predicted octanol–water partition coefficient (Wildman–Crippen LogP) is 3.02. The molecular weight excluding hydrogens is 302 g/mol. The van der Waals surface area contributed by atoms with E-state index in [1.165, 1.54) is 0 Å². The SMILES string of the molecule is CC(C)c1nn(-c2ccccc2)cc1CNC(=O)CC(O)C(C)C. The minimum Gasteiger partial charge on any atom is -0.392 e. The van der Waals surface area contributed by atoms with Crippen molar-refractivity contribution in [1.29, 1.82) is 0 Å². The van der Waals surface area contributed by atoms with Gasteiger partial charge in [0.2, 0.25) is 5.91 Å². The number of aliphatic hydroxyl groups is 1. The van der Waals surface area contributed by atoms with Crippen LogP contribution >= 0.6 is 0 Å². The van der Waals surface area contributed by atoms with E-state index in [2.05, 4.69) is 24.3 Å². The molecule has 0 spiro atoms. The molecule has 24 heavy (non-hydrogen) atoms. The lowest BCUT2D eigenvalue weighted by molar-refractivity contribution is -0.123. The molecule has 0 bridgehead atoms. The number of carbonyl (C=O) groups excluding carboxylic acids is 1. The van der Waals surface area contributed by atoms with E-state index in [1.54, 1.807) is 0 Å². The van der Waals surface area contributed by atoms with Gasteiger partial charge in [-0.3, -0.25) is 4.79 Å². The monoisotopic (exact) mass is 329 g/mol. The summed E-state index contributed by atoms with van der Waals surface area (Å²) < 4.78 is 1.85. The number of para-hydroxylation sites is 1. The van der Waals surface area contributed by atoms with Gasteiger partial charge >= 0.3 is 0 Å². The second-order valence-corrected chi connectivity index (χ2v) is 6.77. The fraction of sp³-hybridized carbons (Fsp3) is 0.474. The van der Waals surface area contributed by atoms with E-state index >= 15 is 0 Å². The van der Waals surface area contributed by atoms with Crippen molar-refractivity contribution in [2.75, 3.05) is 0 Å². The van der Waals surface area contributed by atoms with Crippen LogP contribution in [0.1, 0.15) is 51.3 Å². The topological polar surface area (TPSA) is 67.2 Å². The molecule has 1 heterocycles. The molecule has 0 fully saturated rings. The van der Waals surface area contributed by atoms with Crippen LogP contribution in [0.4, 0.5) is 0 Å². The number of hydrogen-bond donors (Lipinski definition) is 2. The number of benzene rings is 1. The number of amides is 1. The van der Waals surface area contributed by atoms with Gasteiger partial charge in [-0.05, 0) is 24.0 Å². The van der Waals surface area contributed by atoms with Crippen LogP contribution in [0.3, 0.4) is 0 Å². The molecule has 1 atom stereocenters. The summed E-state index contributed by atoms with van der Waals surface area (Å²) in [7, 11) is 0. The van der Waals surface area contributed by atoms with Crippen molar-refractivity contribution in [2.24, 2.45) is 5.92 Å². The van der Waals surface area contributed by atoms with Crippen LogP contribution in [0, 0.1) is 5.92 Å². The molecule has 0 saturated carbocycles. The zero-order chi connectivity index (χ0) is 17.7. The average molecular weight is 329 g/mol. The minimum absolute atomic E-state index is 0.0720.